The number of ether oxygens (including phenoxy) is 1. The van der Waals surface area contributed by atoms with Crippen molar-refractivity contribution in [1.82, 2.24) is 15.1 Å². The summed E-state index contributed by atoms with van der Waals surface area (Å²) >= 11 is 0. The minimum absolute atomic E-state index is 0. The maximum absolute atomic E-state index is 12.1. The molecule has 130 valence electrons. The third-order valence-corrected chi connectivity index (χ3v) is 3.78. The molecule has 6 nitrogen and oxygen atoms in total. The molecule has 2 amide bonds. The highest BCUT2D eigenvalue weighted by Crippen LogP contribution is 2.11. The number of carbonyl (C=O) groups excluding carboxylic acids is 1. The summed E-state index contributed by atoms with van der Waals surface area (Å²) in [6.07, 6.45) is -0.324. The Kier molecular flexibility index (Phi) is 8.16. The van der Waals surface area contributed by atoms with Gasteiger partial charge in [0.25, 0.3) is 0 Å². The molecule has 0 spiro atoms. The van der Waals surface area contributed by atoms with E-state index >= 15 is 0 Å². The molecular formula is C16H26ClN3O3. The largest absolute Gasteiger partial charge is 0.497 e. The van der Waals surface area contributed by atoms with Gasteiger partial charge in [-0.15, -0.1) is 12.4 Å². The van der Waals surface area contributed by atoms with E-state index in [2.05, 4.69) is 10.2 Å². The molecular weight excluding hydrogens is 318 g/mol. The van der Waals surface area contributed by atoms with Gasteiger partial charge in [0.1, 0.15) is 5.75 Å². The van der Waals surface area contributed by atoms with Crippen molar-refractivity contribution in [2.24, 2.45) is 0 Å². The molecule has 1 aliphatic rings. The van der Waals surface area contributed by atoms with Crippen LogP contribution in [0.25, 0.3) is 0 Å². The summed E-state index contributed by atoms with van der Waals surface area (Å²) in [5.41, 5.74) is 1.04. The number of aliphatic hydroxyl groups excluding tert-OH is 1. The number of hydrogen-bond donors (Lipinski definition) is 2. The predicted molar refractivity (Wildman–Crippen MR) is 92.2 cm³/mol. The molecule has 0 aliphatic carbocycles. The van der Waals surface area contributed by atoms with Crippen LogP contribution in [0.15, 0.2) is 24.3 Å². The molecule has 1 aromatic rings. The van der Waals surface area contributed by atoms with Crippen LogP contribution in [0.5, 0.6) is 5.75 Å². The van der Waals surface area contributed by atoms with Gasteiger partial charge in [0.15, 0.2) is 0 Å². The monoisotopic (exact) mass is 343 g/mol. The smallest absolute Gasteiger partial charge is 0.317 e. The van der Waals surface area contributed by atoms with E-state index in [-0.39, 0.29) is 24.5 Å². The number of aliphatic hydroxyl groups is 1. The van der Waals surface area contributed by atoms with Crippen LogP contribution in [0.2, 0.25) is 0 Å². The molecule has 0 saturated carbocycles. The summed E-state index contributed by atoms with van der Waals surface area (Å²) in [6.45, 7) is 5.97. The van der Waals surface area contributed by atoms with Crippen molar-refractivity contribution in [2.45, 2.75) is 19.6 Å². The Morgan fingerprint density at radius 1 is 1.26 bits per heavy atom. The first-order chi connectivity index (χ1) is 10.6. The van der Waals surface area contributed by atoms with E-state index in [1.54, 1.807) is 14.0 Å². The van der Waals surface area contributed by atoms with Crippen LogP contribution < -0.4 is 10.1 Å². The molecule has 23 heavy (non-hydrogen) atoms. The lowest BCUT2D eigenvalue weighted by molar-refractivity contribution is 0.0897. The molecule has 1 unspecified atom stereocenters. The molecule has 1 aromatic carbocycles. The van der Waals surface area contributed by atoms with Crippen LogP contribution in [0.1, 0.15) is 12.5 Å². The third-order valence-electron chi connectivity index (χ3n) is 3.78. The summed E-state index contributed by atoms with van der Waals surface area (Å²) in [6, 6.07) is 7.62. The normalized spacial score (nSPS) is 16.4. The van der Waals surface area contributed by atoms with Gasteiger partial charge in [-0.1, -0.05) is 12.1 Å². The zero-order chi connectivity index (χ0) is 15.9. The number of nitrogens with zero attached hydrogens (tertiary/aromatic N) is 2. The van der Waals surface area contributed by atoms with Gasteiger partial charge in [-0.25, -0.2) is 4.79 Å². The van der Waals surface area contributed by atoms with Gasteiger partial charge >= 0.3 is 6.03 Å². The van der Waals surface area contributed by atoms with Crippen molar-refractivity contribution >= 4 is 18.4 Å². The highest BCUT2D eigenvalue weighted by atomic mass is 35.5. The topological polar surface area (TPSA) is 65.0 Å². The van der Waals surface area contributed by atoms with E-state index < -0.39 is 0 Å². The number of methoxy groups -OCH3 is 1. The Labute approximate surface area is 143 Å². The van der Waals surface area contributed by atoms with Crippen LogP contribution in [-0.4, -0.2) is 66.9 Å². The van der Waals surface area contributed by atoms with Gasteiger partial charge in [0.05, 0.1) is 13.2 Å². The lowest BCUT2D eigenvalue weighted by Crippen LogP contribution is -2.52. The standard InChI is InChI=1S/C16H25N3O3.ClH/c1-13(20)12-18-7-9-19(10-8-18)16(21)17-11-14-3-5-15(22-2)6-4-14;/h3-6,13,20H,7-12H2,1-2H3,(H,17,21);1H. The first kappa shape index (κ1) is 19.5. The maximum Gasteiger partial charge on any atom is 0.317 e. The average Bonchev–Trinajstić information content (AvgIpc) is 2.53. The Morgan fingerprint density at radius 2 is 1.87 bits per heavy atom. The number of rotatable bonds is 5. The van der Waals surface area contributed by atoms with E-state index in [0.717, 1.165) is 24.4 Å². The summed E-state index contributed by atoms with van der Waals surface area (Å²) < 4.78 is 5.11. The quantitative estimate of drug-likeness (QED) is 0.846. The predicted octanol–water partition coefficient (Wildman–Crippen LogP) is 1.32. The van der Waals surface area contributed by atoms with Gasteiger partial charge in [-0.3, -0.25) is 4.90 Å². The van der Waals surface area contributed by atoms with Crippen molar-refractivity contribution in [2.75, 3.05) is 39.8 Å². The first-order valence-corrected chi connectivity index (χ1v) is 7.64. The summed E-state index contributed by atoms with van der Waals surface area (Å²) in [7, 11) is 1.63. The second-order valence-electron chi connectivity index (χ2n) is 5.64. The molecule has 1 atom stereocenters. The molecule has 0 bridgehead atoms. The zero-order valence-electron chi connectivity index (χ0n) is 13.7. The average molecular weight is 344 g/mol. The van der Waals surface area contributed by atoms with E-state index in [0.29, 0.717) is 26.2 Å². The fourth-order valence-electron chi connectivity index (χ4n) is 2.54. The van der Waals surface area contributed by atoms with E-state index in [1.165, 1.54) is 0 Å². The number of piperazine rings is 1. The van der Waals surface area contributed by atoms with Crippen molar-refractivity contribution in [3.63, 3.8) is 0 Å². The van der Waals surface area contributed by atoms with E-state index in [9.17, 15) is 9.90 Å². The minimum Gasteiger partial charge on any atom is -0.497 e. The van der Waals surface area contributed by atoms with Crippen molar-refractivity contribution in [3.05, 3.63) is 29.8 Å². The van der Waals surface area contributed by atoms with Crippen molar-refractivity contribution < 1.29 is 14.6 Å². The minimum atomic E-state index is -0.324. The number of halogens is 1. The number of β-amino-alcohol motifs (C(OH)–C–C–N with tert-alkyl or cyclic N) is 1. The van der Waals surface area contributed by atoms with Crippen molar-refractivity contribution in [3.8, 4) is 5.75 Å². The highest BCUT2D eigenvalue weighted by Gasteiger charge is 2.21. The SMILES string of the molecule is COc1ccc(CNC(=O)N2CCN(CC(C)O)CC2)cc1.Cl. The Morgan fingerprint density at radius 3 is 2.39 bits per heavy atom. The molecule has 1 saturated heterocycles. The number of urea groups is 1. The van der Waals surface area contributed by atoms with Crippen LogP contribution in [0.4, 0.5) is 4.79 Å². The molecule has 2 N–H and O–H groups in total. The lowest BCUT2D eigenvalue weighted by atomic mass is 10.2. The second-order valence-corrected chi connectivity index (χ2v) is 5.64. The van der Waals surface area contributed by atoms with Crippen LogP contribution in [0.3, 0.4) is 0 Å². The zero-order valence-corrected chi connectivity index (χ0v) is 14.5. The third kappa shape index (κ3) is 6.25. The Hall–Kier alpha value is -1.50. The maximum atomic E-state index is 12.1. The summed E-state index contributed by atoms with van der Waals surface area (Å²) in [5.74, 6) is 0.810. The number of amides is 2. The summed E-state index contributed by atoms with van der Waals surface area (Å²) in [4.78, 5) is 16.1. The van der Waals surface area contributed by atoms with Gasteiger partial charge in [0, 0.05) is 39.3 Å². The first-order valence-electron chi connectivity index (χ1n) is 7.64. The number of carbonyl (C=O) groups is 1. The molecule has 2 rings (SSSR count). The van der Waals surface area contributed by atoms with Crippen LogP contribution in [0, 0.1) is 0 Å². The number of hydrogen-bond acceptors (Lipinski definition) is 4. The fourth-order valence-corrected chi connectivity index (χ4v) is 2.54. The molecule has 1 fully saturated rings. The number of benzene rings is 1. The van der Waals surface area contributed by atoms with Gasteiger partial charge in [-0.2, -0.15) is 0 Å². The summed E-state index contributed by atoms with van der Waals surface area (Å²) in [5, 5.41) is 12.3. The van der Waals surface area contributed by atoms with E-state index in [4.69, 9.17) is 4.74 Å². The van der Waals surface area contributed by atoms with Crippen LogP contribution >= 0.6 is 12.4 Å². The van der Waals surface area contributed by atoms with Gasteiger partial charge in [0.2, 0.25) is 0 Å². The van der Waals surface area contributed by atoms with Gasteiger partial charge in [-0.05, 0) is 24.6 Å². The molecule has 0 aromatic heterocycles. The number of nitrogens with one attached hydrogen (secondary N) is 1. The molecule has 7 heteroatoms. The Balaban J connectivity index is 0.00000264. The van der Waals surface area contributed by atoms with Crippen LogP contribution in [-0.2, 0) is 6.54 Å². The molecule has 0 radical (unpaired) electrons. The highest BCUT2D eigenvalue weighted by molar-refractivity contribution is 5.85. The van der Waals surface area contributed by atoms with Gasteiger partial charge < -0.3 is 20.1 Å². The second kappa shape index (κ2) is 9.60. The molecule has 1 aliphatic heterocycles. The van der Waals surface area contributed by atoms with Crippen molar-refractivity contribution in [1.29, 1.82) is 0 Å². The lowest BCUT2D eigenvalue weighted by Gasteiger charge is -2.35. The fraction of sp³-hybridized carbons (Fsp3) is 0.562. The molecule has 1 heterocycles. The van der Waals surface area contributed by atoms with E-state index in [1.807, 2.05) is 29.2 Å². The Bertz CT molecular complexity index is 474.